The first-order chi connectivity index (χ1) is 29.2. The SMILES string of the molecule is NCCOCCOCCOCCNC(=O)CCOCCOCCOCCOCCOCCOCCOCCOCCOCCC(=O)NCCOCCOCCOCCN. The van der Waals surface area contributed by atoms with Gasteiger partial charge in [-0.25, -0.2) is 0 Å². The molecule has 0 aromatic rings. The van der Waals surface area contributed by atoms with E-state index in [4.69, 9.17) is 82.5 Å². The van der Waals surface area contributed by atoms with Crippen molar-refractivity contribution in [3.63, 3.8) is 0 Å². The van der Waals surface area contributed by atoms with Gasteiger partial charge in [-0.15, -0.1) is 0 Å². The maximum absolute atomic E-state index is 11.8. The summed E-state index contributed by atoms with van der Waals surface area (Å²) in [6.45, 7) is 15.5. The lowest BCUT2D eigenvalue weighted by molar-refractivity contribution is -0.123. The van der Waals surface area contributed by atoms with Gasteiger partial charge in [-0.05, 0) is 0 Å². The zero-order chi connectivity index (χ0) is 42.6. The van der Waals surface area contributed by atoms with Crippen LogP contribution in [0.4, 0.5) is 0 Å². The first-order valence-electron chi connectivity index (χ1n) is 20.8. The largest absolute Gasteiger partial charge is 0.379 e. The lowest BCUT2D eigenvalue weighted by atomic mass is 10.4. The van der Waals surface area contributed by atoms with E-state index in [-0.39, 0.29) is 24.7 Å². The number of rotatable bonds is 52. The summed E-state index contributed by atoms with van der Waals surface area (Å²) >= 11 is 0. The van der Waals surface area contributed by atoms with E-state index < -0.39 is 0 Å². The van der Waals surface area contributed by atoms with E-state index in [9.17, 15) is 9.59 Å². The molecule has 0 saturated carbocycles. The van der Waals surface area contributed by atoms with Crippen molar-refractivity contribution in [3.05, 3.63) is 0 Å². The molecule has 0 rings (SSSR count). The van der Waals surface area contributed by atoms with Gasteiger partial charge in [0, 0.05) is 39.0 Å². The average Bonchev–Trinajstić information content (AvgIpc) is 3.24. The number of carbonyl (C=O) groups excluding carboxylic acids is 2. The molecule has 0 unspecified atom stereocenters. The maximum Gasteiger partial charge on any atom is 0.222 e. The van der Waals surface area contributed by atoms with Crippen LogP contribution in [-0.2, 0) is 80.6 Å². The third-order valence-corrected chi connectivity index (χ3v) is 7.07. The number of nitrogens with two attached hydrogens (primary N) is 2. The maximum atomic E-state index is 11.8. The summed E-state index contributed by atoms with van der Waals surface area (Å²) < 4.78 is 81.1. The molecule has 0 spiro atoms. The first kappa shape index (κ1) is 57.3. The van der Waals surface area contributed by atoms with Gasteiger partial charge in [0.25, 0.3) is 0 Å². The van der Waals surface area contributed by atoms with Gasteiger partial charge in [-0.1, -0.05) is 0 Å². The second-order valence-electron chi connectivity index (χ2n) is 12.0. The van der Waals surface area contributed by atoms with Crippen LogP contribution in [-0.4, -0.2) is 236 Å². The Morgan fingerprint density at radius 1 is 0.254 bits per heavy atom. The lowest BCUT2D eigenvalue weighted by Gasteiger charge is -2.09. The molecule has 59 heavy (non-hydrogen) atoms. The van der Waals surface area contributed by atoms with Crippen LogP contribution in [0.3, 0.4) is 0 Å². The van der Waals surface area contributed by atoms with E-state index in [0.29, 0.717) is 224 Å². The fourth-order valence-corrected chi connectivity index (χ4v) is 4.14. The fraction of sp³-hybridized carbons (Fsp3) is 0.947. The summed E-state index contributed by atoms with van der Waals surface area (Å²) in [5, 5.41) is 5.56. The van der Waals surface area contributed by atoms with E-state index >= 15 is 0 Å². The molecule has 6 N–H and O–H groups in total. The average molecular weight is 863 g/mol. The van der Waals surface area contributed by atoms with Crippen molar-refractivity contribution in [3.8, 4) is 0 Å². The Kier molecular flexibility index (Phi) is 50.9. The molecule has 0 heterocycles. The van der Waals surface area contributed by atoms with Crippen molar-refractivity contribution in [2.24, 2.45) is 11.5 Å². The Morgan fingerprint density at radius 3 is 0.627 bits per heavy atom. The highest BCUT2D eigenvalue weighted by molar-refractivity contribution is 5.76. The molecule has 0 aromatic carbocycles. The van der Waals surface area contributed by atoms with Gasteiger partial charge in [0.1, 0.15) is 0 Å². The van der Waals surface area contributed by atoms with Gasteiger partial charge in [-0.2, -0.15) is 0 Å². The Morgan fingerprint density at radius 2 is 0.424 bits per heavy atom. The molecule has 21 heteroatoms. The van der Waals surface area contributed by atoms with E-state index in [1.54, 1.807) is 0 Å². The fourth-order valence-electron chi connectivity index (χ4n) is 4.14. The van der Waals surface area contributed by atoms with Gasteiger partial charge < -0.3 is 93.2 Å². The van der Waals surface area contributed by atoms with Crippen molar-refractivity contribution in [1.29, 1.82) is 0 Å². The number of carbonyl (C=O) groups is 2. The topological polar surface area (TPSA) is 249 Å². The summed E-state index contributed by atoms with van der Waals surface area (Å²) in [6.07, 6.45) is 0.552. The van der Waals surface area contributed by atoms with Crippen LogP contribution in [0.2, 0.25) is 0 Å². The normalized spacial score (nSPS) is 11.4. The number of nitrogens with one attached hydrogen (secondary N) is 2. The third kappa shape index (κ3) is 52.3. The van der Waals surface area contributed by atoms with Crippen LogP contribution >= 0.6 is 0 Å². The number of hydrogen-bond donors (Lipinski definition) is 4. The number of amides is 2. The van der Waals surface area contributed by atoms with E-state index in [2.05, 4.69) is 10.6 Å². The molecule has 0 aliphatic rings. The standard InChI is InChI=1S/C38H78N4O17/c39-3-9-47-15-21-53-23-17-49-11-5-41-37(43)1-7-45-13-19-51-25-27-55-29-31-57-33-35-59-36-34-58-32-30-56-28-26-52-20-14-46-8-2-38(44)42-6-12-50-18-24-54-22-16-48-10-4-40/h1-36,39-40H2,(H,41,43)(H,42,44). The Balaban J connectivity index is 3.16. The molecule has 352 valence electrons. The van der Waals surface area contributed by atoms with Crippen molar-refractivity contribution < 1.29 is 80.6 Å². The van der Waals surface area contributed by atoms with E-state index in [1.165, 1.54) is 0 Å². The molecule has 0 bridgehead atoms. The van der Waals surface area contributed by atoms with Gasteiger partial charge in [-0.3, -0.25) is 9.59 Å². The smallest absolute Gasteiger partial charge is 0.222 e. The predicted octanol–water partition coefficient (Wildman–Crippen LogP) is -1.83. The molecular weight excluding hydrogens is 784 g/mol. The minimum absolute atomic E-state index is 0.0902. The van der Waals surface area contributed by atoms with Crippen LogP contribution in [0.15, 0.2) is 0 Å². The van der Waals surface area contributed by atoms with Gasteiger partial charge in [0.15, 0.2) is 0 Å². The monoisotopic (exact) mass is 863 g/mol. The Bertz CT molecular complexity index is 781. The van der Waals surface area contributed by atoms with Crippen molar-refractivity contribution in [1.82, 2.24) is 10.6 Å². The van der Waals surface area contributed by atoms with Gasteiger partial charge in [0.2, 0.25) is 11.8 Å². The third-order valence-electron chi connectivity index (χ3n) is 7.07. The molecule has 0 aliphatic carbocycles. The quantitative estimate of drug-likeness (QED) is 0.0491. The van der Waals surface area contributed by atoms with E-state index in [1.807, 2.05) is 0 Å². The van der Waals surface area contributed by atoms with Crippen molar-refractivity contribution in [2.45, 2.75) is 12.8 Å². The lowest BCUT2D eigenvalue weighted by Crippen LogP contribution is -2.28. The second kappa shape index (κ2) is 52.4. The predicted molar refractivity (Wildman–Crippen MR) is 216 cm³/mol. The van der Waals surface area contributed by atoms with Gasteiger partial charge in [0.05, 0.1) is 198 Å². The molecule has 0 aromatic heterocycles. The van der Waals surface area contributed by atoms with Crippen molar-refractivity contribution in [2.75, 3.05) is 224 Å². The molecule has 0 radical (unpaired) electrons. The van der Waals surface area contributed by atoms with Crippen LogP contribution in [0.1, 0.15) is 12.8 Å². The number of ether oxygens (including phenoxy) is 15. The van der Waals surface area contributed by atoms with Crippen LogP contribution in [0.25, 0.3) is 0 Å². The molecule has 0 saturated heterocycles. The zero-order valence-electron chi connectivity index (χ0n) is 35.6. The number of hydrogen-bond acceptors (Lipinski definition) is 19. The summed E-state index contributed by atoms with van der Waals surface area (Å²) in [4.78, 5) is 23.6. The molecule has 21 nitrogen and oxygen atoms in total. The zero-order valence-corrected chi connectivity index (χ0v) is 35.6. The Labute approximate surface area is 351 Å². The second-order valence-corrected chi connectivity index (χ2v) is 12.0. The summed E-state index contributed by atoms with van der Waals surface area (Å²) in [7, 11) is 0. The minimum atomic E-state index is -0.0902. The van der Waals surface area contributed by atoms with E-state index in [0.717, 1.165) is 0 Å². The highest BCUT2D eigenvalue weighted by Gasteiger charge is 2.03. The molecule has 0 fully saturated rings. The Hall–Kier alpha value is -1.74. The summed E-state index contributed by atoms with van der Waals surface area (Å²) in [5.74, 6) is -0.180. The molecular formula is C38H78N4O17. The summed E-state index contributed by atoms with van der Waals surface area (Å²) in [6, 6.07) is 0. The minimum Gasteiger partial charge on any atom is -0.379 e. The van der Waals surface area contributed by atoms with Crippen LogP contribution in [0.5, 0.6) is 0 Å². The highest BCUT2D eigenvalue weighted by Crippen LogP contribution is 1.90. The highest BCUT2D eigenvalue weighted by atomic mass is 16.6. The molecule has 0 atom stereocenters. The molecule has 2 amide bonds. The van der Waals surface area contributed by atoms with Gasteiger partial charge >= 0.3 is 0 Å². The summed E-state index contributed by atoms with van der Waals surface area (Å²) in [5.41, 5.74) is 10.7. The van der Waals surface area contributed by atoms with Crippen LogP contribution < -0.4 is 22.1 Å². The first-order valence-corrected chi connectivity index (χ1v) is 20.8. The molecule has 0 aliphatic heterocycles. The van der Waals surface area contributed by atoms with Crippen molar-refractivity contribution >= 4 is 11.8 Å². The van der Waals surface area contributed by atoms with Crippen LogP contribution in [0, 0.1) is 0 Å².